The van der Waals surface area contributed by atoms with Crippen molar-refractivity contribution >= 4 is 11.7 Å². The number of aromatic carboxylic acids is 1. The molecule has 2 aliphatic rings. The maximum Gasteiger partial charge on any atom is 0.335 e. The minimum atomic E-state index is -0.933. The number of hydrogen-bond acceptors (Lipinski definition) is 2. The van der Waals surface area contributed by atoms with Crippen LogP contribution in [0.4, 0.5) is 10.1 Å². The first-order valence-electron chi connectivity index (χ1n) is 9.09. The van der Waals surface area contributed by atoms with Crippen LogP contribution in [0.2, 0.25) is 0 Å². The van der Waals surface area contributed by atoms with Crippen molar-refractivity contribution in [3.63, 3.8) is 0 Å². The van der Waals surface area contributed by atoms with Gasteiger partial charge in [-0.2, -0.15) is 0 Å². The second-order valence-electron chi connectivity index (χ2n) is 7.30. The average Bonchev–Trinajstić information content (AvgIpc) is 3.07. The fourth-order valence-corrected chi connectivity index (χ4v) is 4.73. The maximum atomic E-state index is 14.6. The zero-order chi connectivity index (χ0) is 18.5. The number of carbonyl (C=O) groups is 1. The fraction of sp³-hybridized carbons (Fsp3) is 0.174. The third-order valence-electron chi connectivity index (χ3n) is 5.89. The van der Waals surface area contributed by atoms with Crippen molar-refractivity contribution in [1.82, 2.24) is 0 Å². The molecule has 0 bridgehead atoms. The summed E-state index contributed by atoms with van der Waals surface area (Å²) < 4.78 is 14.6. The van der Waals surface area contributed by atoms with Crippen LogP contribution in [0.15, 0.2) is 66.7 Å². The first kappa shape index (κ1) is 16.1. The van der Waals surface area contributed by atoms with Crippen molar-refractivity contribution in [3.05, 3.63) is 100 Å². The highest BCUT2D eigenvalue weighted by Gasteiger charge is 2.44. The molecule has 0 radical (unpaired) electrons. The summed E-state index contributed by atoms with van der Waals surface area (Å²) in [5.41, 5.74) is 5.28. The van der Waals surface area contributed by atoms with E-state index in [-0.39, 0.29) is 29.3 Å². The molecule has 3 aromatic carbocycles. The average molecular weight is 359 g/mol. The molecule has 0 saturated carbocycles. The molecular formula is C23H18FNO2. The molecular weight excluding hydrogens is 341 g/mol. The van der Waals surface area contributed by atoms with E-state index in [1.807, 2.05) is 30.3 Å². The summed E-state index contributed by atoms with van der Waals surface area (Å²) in [4.78, 5) is 11.5. The molecule has 134 valence electrons. The molecule has 1 aliphatic carbocycles. The van der Waals surface area contributed by atoms with E-state index >= 15 is 0 Å². The zero-order valence-corrected chi connectivity index (χ0v) is 14.5. The maximum absolute atomic E-state index is 14.6. The third-order valence-corrected chi connectivity index (χ3v) is 5.89. The van der Waals surface area contributed by atoms with Gasteiger partial charge in [-0.3, -0.25) is 0 Å². The Morgan fingerprint density at radius 3 is 2.48 bits per heavy atom. The number of halogens is 1. The van der Waals surface area contributed by atoms with Crippen molar-refractivity contribution in [2.75, 3.05) is 5.32 Å². The highest BCUT2D eigenvalue weighted by molar-refractivity contribution is 5.89. The number of benzene rings is 3. The second kappa shape index (κ2) is 5.95. The molecule has 0 spiro atoms. The number of rotatable bonds is 2. The second-order valence-corrected chi connectivity index (χ2v) is 7.30. The molecule has 0 fully saturated rings. The summed E-state index contributed by atoms with van der Waals surface area (Å²) in [7, 11) is 0. The molecule has 0 amide bonds. The van der Waals surface area contributed by atoms with Crippen LogP contribution in [0.3, 0.4) is 0 Å². The van der Waals surface area contributed by atoms with Crippen molar-refractivity contribution in [1.29, 1.82) is 0 Å². The Morgan fingerprint density at radius 1 is 0.963 bits per heavy atom. The van der Waals surface area contributed by atoms with Gasteiger partial charge >= 0.3 is 5.97 Å². The van der Waals surface area contributed by atoms with Crippen molar-refractivity contribution in [2.45, 2.75) is 18.4 Å². The van der Waals surface area contributed by atoms with Gasteiger partial charge in [0.25, 0.3) is 0 Å². The van der Waals surface area contributed by atoms with E-state index in [0.29, 0.717) is 5.56 Å². The summed E-state index contributed by atoms with van der Waals surface area (Å²) in [6, 6.07) is 20.2. The molecule has 3 aromatic rings. The monoisotopic (exact) mass is 359 g/mol. The van der Waals surface area contributed by atoms with E-state index < -0.39 is 5.97 Å². The topological polar surface area (TPSA) is 49.3 Å². The lowest BCUT2D eigenvalue weighted by Crippen LogP contribution is -2.31. The lowest BCUT2D eigenvalue weighted by molar-refractivity contribution is 0.0696. The molecule has 5 rings (SSSR count). The van der Waals surface area contributed by atoms with Crippen molar-refractivity contribution in [3.8, 4) is 0 Å². The van der Waals surface area contributed by atoms with Crippen LogP contribution in [-0.4, -0.2) is 11.1 Å². The highest BCUT2D eigenvalue weighted by atomic mass is 19.1. The standard InChI is InChI=1S/C23H18FNO2/c24-19-8-4-3-7-16(19)22-18-11-13-5-1-2-6-15(13)21(18)17-12-14(23(26)27)9-10-20(17)25-22/h1-10,12,18,21-22,25H,11H2,(H,26,27)/t18-,21-,22-/m0/s1. The number of nitrogens with one attached hydrogen (secondary N) is 1. The summed E-state index contributed by atoms with van der Waals surface area (Å²) in [5.74, 6) is -0.954. The molecule has 2 N–H and O–H groups in total. The Kier molecular flexibility index (Phi) is 3.54. The predicted molar refractivity (Wildman–Crippen MR) is 102 cm³/mol. The Labute approximate surface area is 156 Å². The first-order valence-corrected chi connectivity index (χ1v) is 9.09. The molecule has 0 saturated heterocycles. The van der Waals surface area contributed by atoms with Crippen LogP contribution >= 0.6 is 0 Å². The zero-order valence-electron chi connectivity index (χ0n) is 14.5. The van der Waals surface area contributed by atoms with E-state index in [0.717, 1.165) is 17.7 Å². The van der Waals surface area contributed by atoms with Crippen molar-refractivity contribution in [2.24, 2.45) is 5.92 Å². The Bertz CT molecular complexity index is 1060. The van der Waals surface area contributed by atoms with Gasteiger partial charge in [0.1, 0.15) is 5.82 Å². The summed E-state index contributed by atoms with van der Waals surface area (Å²) in [6.45, 7) is 0. The Hall–Kier alpha value is -3.14. The van der Waals surface area contributed by atoms with E-state index in [1.54, 1.807) is 18.2 Å². The van der Waals surface area contributed by atoms with Gasteiger partial charge in [0.2, 0.25) is 0 Å². The van der Waals surface area contributed by atoms with Crippen LogP contribution in [0.1, 0.15) is 44.6 Å². The van der Waals surface area contributed by atoms with E-state index in [9.17, 15) is 14.3 Å². The van der Waals surface area contributed by atoms with Crippen LogP contribution in [0.25, 0.3) is 0 Å². The lowest BCUT2D eigenvalue weighted by atomic mass is 9.75. The number of anilines is 1. The van der Waals surface area contributed by atoms with Gasteiger partial charge in [-0.15, -0.1) is 0 Å². The molecule has 0 unspecified atom stereocenters. The fourth-order valence-electron chi connectivity index (χ4n) is 4.73. The molecule has 1 aliphatic heterocycles. The minimum absolute atomic E-state index is 0.0568. The summed E-state index contributed by atoms with van der Waals surface area (Å²) in [5, 5.41) is 12.9. The molecule has 3 nitrogen and oxygen atoms in total. The minimum Gasteiger partial charge on any atom is -0.478 e. The normalized spacial score (nSPS) is 22.3. The van der Waals surface area contributed by atoms with Crippen LogP contribution in [-0.2, 0) is 6.42 Å². The van der Waals surface area contributed by atoms with Crippen LogP contribution in [0, 0.1) is 11.7 Å². The van der Waals surface area contributed by atoms with E-state index in [1.165, 1.54) is 17.2 Å². The molecule has 1 heterocycles. The molecule has 27 heavy (non-hydrogen) atoms. The third kappa shape index (κ3) is 2.44. The van der Waals surface area contributed by atoms with Crippen LogP contribution < -0.4 is 5.32 Å². The quantitative estimate of drug-likeness (QED) is 0.677. The SMILES string of the molecule is O=C(O)c1ccc2c(c1)[C@@H]1c3ccccc3C[C@@H]1[C@H](c1ccccc1F)N2. The van der Waals surface area contributed by atoms with Gasteiger partial charge in [0, 0.05) is 17.2 Å². The smallest absolute Gasteiger partial charge is 0.335 e. The molecule has 0 aromatic heterocycles. The van der Waals surface area contributed by atoms with Gasteiger partial charge < -0.3 is 10.4 Å². The summed E-state index contributed by atoms with van der Waals surface area (Å²) in [6.07, 6.45) is 0.837. The number of carboxylic acids is 1. The molecule has 4 heteroatoms. The number of carboxylic acid groups (broad SMARTS) is 1. The first-order chi connectivity index (χ1) is 13.1. The lowest BCUT2D eigenvalue weighted by Gasteiger charge is -2.38. The Morgan fingerprint density at radius 2 is 1.70 bits per heavy atom. The van der Waals surface area contributed by atoms with Gasteiger partial charge in [0.05, 0.1) is 11.6 Å². The van der Waals surface area contributed by atoms with Gasteiger partial charge in [0.15, 0.2) is 0 Å². The summed E-state index contributed by atoms with van der Waals surface area (Å²) >= 11 is 0. The van der Waals surface area contributed by atoms with Gasteiger partial charge in [-0.25, -0.2) is 9.18 Å². The van der Waals surface area contributed by atoms with E-state index in [2.05, 4.69) is 17.4 Å². The molecule has 3 atom stereocenters. The largest absolute Gasteiger partial charge is 0.478 e. The number of hydrogen-bond donors (Lipinski definition) is 2. The van der Waals surface area contributed by atoms with Gasteiger partial charge in [-0.1, -0.05) is 42.5 Å². The Balaban J connectivity index is 1.71. The highest BCUT2D eigenvalue weighted by Crippen LogP contribution is 2.54. The van der Waals surface area contributed by atoms with Crippen LogP contribution in [0.5, 0.6) is 0 Å². The van der Waals surface area contributed by atoms with Crippen molar-refractivity contribution < 1.29 is 14.3 Å². The predicted octanol–water partition coefficient (Wildman–Crippen LogP) is 4.99. The number of fused-ring (bicyclic) bond motifs is 5. The van der Waals surface area contributed by atoms with Gasteiger partial charge in [-0.05, 0) is 53.3 Å². The van der Waals surface area contributed by atoms with E-state index in [4.69, 9.17) is 0 Å².